The third kappa shape index (κ3) is 5.10. The van der Waals surface area contributed by atoms with E-state index in [1.165, 1.54) is 21.5 Å². The summed E-state index contributed by atoms with van der Waals surface area (Å²) in [5.74, 6) is 0.869. The number of hydrogen-bond acceptors (Lipinski definition) is 3. The molecule has 2 N–H and O–H groups in total. The van der Waals surface area contributed by atoms with Crippen LogP contribution in [0.15, 0.2) is 183 Å². The average molecular weight is 670 g/mol. The van der Waals surface area contributed by atoms with Gasteiger partial charge in [0.05, 0.1) is 6.54 Å². The van der Waals surface area contributed by atoms with Crippen molar-refractivity contribution in [3.63, 3.8) is 0 Å². The molecule has 0 saturated carbocycles. The Labute approximate surface area is 299 Å². The summed E-state index contributed by atoms with van der Waals surface area (Å²) in [6.07, 6.45) is 0. The molecule has 8 aromatic carbocycles. The van der Waals surface area contributed by atoms with Crippen molar-refractivity contribution in [2.45, 2.75) is 6.54 Å². The van der Waals surface area contributed by atoms with Crippen molar-refractivity contribution in [3.05, 3.63) is 180 Å². The first-order valence-electron chi connectivity index (χ1n) is 17.4. The Bertz CT molecular complexity index is 3060. The van der Waals surface area contributed by atoms with Gasteiger partial charge in [0.15, 0.2) is 5.84 Å². The lowest BCUT2D eigenvalue weighted by Gasteiger charge is -2.11. The molecule has 2 aromatic heterocycles. The van der Waals surface area contributed by atoms with Gasteiger partial charge in [0, 0.05) is 32.7 Å². The molecule has 0 amide bonds. The van der Waals surface area contributed by atoms with Crippen LogP contribution in [0.2, 0.25) is 0 Å². The summed E-state index contributed by atoms with van der Waals surface area (Å²) in [6, 6.07) is 56.1. The summed E-state index contributed by atoms with van der Waals surface area (Å²) in [7, 11) is 0. The fourth-order valence-electron chi connectivity index (χ4n) is 7.38. The van der Waals surface area contributed by atoms with Crippen molar-refractivity contribution >= 4 is 77.1 Å². The highest BCUT2D eigenvalue weighted by molar-refractivity contribution is 6.22. The lowest BCUT2D eigenvalue weighted by atomic mass is 9.94. The van der Waals surface area contributed by atoms with E-state index in [2.05, 4.69) is 97.1 Å². The molecule has 0 bridgehead atoms. The van der Waals surface area contributed by atoms with Gasteiger partial charge < -0.3 is 14.6 Å². The number of nitrogens with zero attached hydrogens (tertiary/aromatic N) is 2. The number of hydrogen-bond donors (Lipinski definition) is 1. The van der Waals surface area contributed by atoms with Gasteiger partial charge in [-0.2, -0.15) is 0 Å². The zero-order valence-electron chi connectivity index (χ0n) is 28.1. The minimum Gasteiger partial charge on any atom is -0.456 e. The van der Waals surface area contributed by atoms with Gasteiger partial charge in [-0.3, -0.25) is 4.99 Å². The highest BCUT2D eigenvalue weighted by Crippen LogP contribution is 2.37. The number of rotatable bonds is 5. The van der Waals surface area contributed by atoms with Crippen molar-refractivity contribution in [1.82, 2.24) is 0 Å². The highest BCUT2D eigenvalue weighted by atomic mass is 16.3. The standard InChI is InChI=1S/C47H31N3O2/c48-46(50-47(49-28-29-10-2-1-3-11-29)33-22-23-37-36-14-6-8-16-41(36)51-43(37)26-33)40-25-34(27-44-45(40)38-15-7-9-17-42(38)52-44)32-21-20-31-19-18-30-12-4-5-13-35(30)39(31)24-32/h1-27H,28H2,(H2,48,49,50). The Balaban J connectivity index is 1.17. The second kappa shape index (κ2) is 12.1. The molecule has 10 rings (SSSR count). The average Bonchev–Trinajstić information content (AvgIpc) is 3.77. The Morgan fingerprint density at radius 1 is 0.481 bits per heavy atom. The van der Waals surface area contributed by atoms with E-state index < -0.39 is 0 Å². The zero-order chi connectivity index (χ0) is 34.6. The molecule has 0 aliphatic heterocycles. The molecule has 2 heterocycles. The third-order valence-corrected chi connectivity index (χ3v) is 9.95. The largest absolute Gasteiger partial charge is 0.456 e. The van der Waals surface area contributed by atoms with Gasteiger partial charge in [0.25, 0.3) is 0 Å². The van der Waals surface area contributed by atoms with E-state index in [0.29, 0.717) is 18.2 Å². The Morgan fingerprint density at radius 2 is 1.13 bits per heavy atom. The van der Waals surface area contributed by atoms with Crippen molar-refractivity contribution in [3.8, 4) is 11.1 Å². The van der Waals surface area contributed by atoms with E-state index in [-0.39, 0.29) is 0 Å². The maximum Gasteiger partial charge on any atom is 0.157 e. The smallest absolute Gasteiger partial charge is 0.157 e. The molecule has 0 atom stereocenters. The van der Waals surface area contributed by atoms with Crippen LogP contribution in [-0.4, -0.2) is 11.7 Å². The number of furan rings is 2. The normalized spacial score (nSPS) is 12.6. The van der Waals surface area contributed by atoms with Crippen LogP contribution < -0.4 is 5.73 Å². The van der Waals surface area contributed by atoms with Crippen molar-refractivity contribution in [2.75, 3.05) is 0 Å². The quantitative estimate of drug-likeness (QED) is 0.113. The van der Waals surface area contributed by atoms with Crippen LogP contribution in [0.25, 0.3) is 76.5 Å². The van der Waals surface area contributed by atoms with Crippen LogP contribution in [0.3, 0.4) is 0 Å². The Kier molecular flexibility index (Phi) is 6.96. The second-order valence-electron chi connectivity index (χ2n) is 13.1. The number of fused-ring (bicyclic) bond motifs is 9. The summed E-state index contributed by atoms with van der Waals surface area (Å²) in [5.41, 5.74) is 15.0. The molecular weight excluding hydrogens is 639 g/mol. The van der Waals surface area contributed by atoms with E-state index in [0.717, 1.165) is 71.7 Å². The predicted molar refractivity (Wildman–Crippen MR) is 215 cm³/mol. The summed E-state index contributed by atoms with van der Waals surface area (Å²) in [5, 5.41) is 8.82. The molecule has 5 nitrogen and oxygen atoms in total. The van der Waals surface area contributed by atoms with Crippen LogP contribution in [0.1, 0.15) is 16.7 Å². The molecule has 0 fully saturated rings. The maximum absolute atomic E-state index is 7.11. The fraction of sp³-hybridized carbons (Fsp3) is 0.0213. The highest BCUT2D eigenvalue weighted by Gasteiger charge is 2.18. The molecule has 10 aromatic rings. The van der Waals surface area contributed by atoms with Crippen LogP contribution in [-0.2, 0) is 6.54 Å². The first-order valence-corrected chi connectivity index (χ1v) is 17.4. The van der Waals surface area contributed by atoms with E-state index in [1.807, 2.05) is 66.7 Å². The maximum atomic E-state index is 7.11. The second-order valence-corrected chi connectivity index (χ2v) is 13.1. The summed E-state index contributed by atoms with van der Waals surface area (Å²) in [4.78, 5) is 10.2. The zero-order valence-corrected chi connectivity index (χ0v) is 28.1. The number of nitrogens with two attached hydrogens (primary N) is 1. The molecule has 0 aliphatic carbocycles. The summed E-state index contributed by atoms with van der Waals surface area (Å²) < 4.78 is 12.7. The molecule has 0 unspecified atom stereocenters. The van der Waals surface area contributed by atoms with Gasteiger partial charge in [-0.25, -0.2) is 4.99 Å². The minimum absolute atomic E-state index is 0.348. The Hall–Kier alpha value is -6.98. The lowest BCUT2D eigenvalue weighted by Crippen LogP contribution is -2.17. The molecule has 246 valence electrons. The third-order valence-electron chi connectivity index (χ3n) is 9.95. The first kappa shape index (κ1) is 29.9. The number of para-hydroxylation sites is 2. The van der Waals surface area contributed by atoms with E-state index >= 15 is 0 Å². The van der Waals surface area contributed by atoms with E-state index in [9.17, 15) is 0 Å². The van der Waals surface area contributed by atoms with Crippen LogP contribution >= 0.6 is 0 Å². The SMILES string of the molecule is NC(=NC(=NCc1ccccc1)c1ccc2c(c1)oc1ccccc12)c1cc(-c2ccc3ccc4ccccc4c3c2)cc2oc3ccccc3c12. The number of amidine groups is 2. The van der Waals surface area contributed by atoms with E-state index in [4.69, 9.17) is 24.6 Å². The fourth-order valence-corrected chi connectivity index (χ4v) is 7.38. The Morgan fingerprint density at radius 3 is 1.98 bits per heavy atom. The minimum atomic E-state index is 0.348. The predicted octanol–water partition coefficient (Wildman–Crippen LogP) is 11.8. The molecule has 0 saturated heterocycles. The first-order chi connectivity index (χ1) is 25.7. The molecule has 0 aliphatic rings. The van der Waals surface area contributed by atoms with Gasteiger partial charge in [-0.15, -0.1) is 0 Å². The molecule has 5 heteroatoms. The van der Waals surface area contributed by atoms with Crippen molar-refractivity contribution < 1.29 is 8.83 Å². The van der Waals surface area contributed by atoms with Crippen LogP contribution in [0, 0.1) is 0 Å². The van der Waals surface area contributed by atoms with Gasteiger partial charge in [0.1, 0.15) is 28.2 Å². The summed E-state index contributed by atoms with van der Waals surface area (Å²) in [6.45, 7) is 0.445. The molecule has 0 spiro atoms. The van der Waals surface area contributed by atoms with Gasteiger partial charge >= 0.3 is 0 Å². The van der Waals surface area contributed by atoms with Crippen LogP contribution in [0.5, 0.6) is 0 Å². The van der Waals surface area contributed by atoms with E-state index in [1.54, 1.807) is 0 Å². The number of benzene rings is 8. The van der Waals surface area contributed by atoms with Gasteiger partial charge in [-0.1, -0.05) is 121 Å². The molecule has 0 radical (unpaired) electrons. The van der Waals surface area contributed by atoms with Gasteiger partial charge in [0.2, 0.25) is 0 Å². The van der Waals surface area contributed by atoms with Gasteiger partial charge in [-0.05, 0) is 80.7 Å². The lowest BCUT2D eigenvalue weighted by molar-refractivity contribution is 0.668. The molecule has 52 heavy (non-hydrogen) atoms. The summed E-state index contributed by atoms with van der Waals surface area (Å²) >= 11 is 0. The van der Waals surface area contributed by atoms with Crippen LogP contribution in [0.4, 0.5) is 0 Å². The number of aliphatic imine (C=N–C) groups is 2. The monoisotopic (exact) mass is 669 g/mol. The van der Waals surface area contributed by atoms with Crippen molar-refractivity contribution in [2.24, 2.45) is 15.7 Å². The topological polar surface area (TPSA) is 77.0 Å². The van der Waals surface area contributed by atoms with Crippen molar-refractivity contribution in [1.29, 1.82) is 0 Å². The molecular formula is C47H31N3O2.